The summed E-state index contributed by atoms with van der Waals surface area (Å²) in [6.07, 6.45) is 0. The molecule has 22 nitrogen and oxygen atoms in total. The zero-order chi connectivity index (χ0) is 37.7. The molecule has 0 spiro atoms. The maximum Gasteiger partial charge on any atom is 0.308 e. The molecule has 0 radical (unpaired) electrons. The van der Waals surface area contributed by atoms with Gasteiger partial charge in [-0.05, 0) is 42.5 Å². The van der Waals surface area contributed by atoms with Crippen molar-refractivity contribution in [3.05, 3.63) is 170 Å². The fourth-order valence-corrected chi connectivity index (χ4v) is 4.92. The molecule has 0 aliphatic rings. The van der Waals surface area contributed by atoms with Crippen LogP contribution in [-0.2, 0) is 0 Å². The molecule has 0 aliphatic heterocycles. The van der Waals surface area contributed by atoms with Crippen molar-refractivity contribution < 1.29 is 29.5 Å². The Labute approximate surface area is 288 Å². The molecule has 0 fully saturated rings. The number of para-hydroxylation sites is 2. The molecule has 5 rings (SSSR count). The summed E-state index contributed by atoms with van der Waals surface area (Å²) in [5, 5.41) is 73.5. The summed E-state index contributed by atoms with van der Waals surface area (Å²) in [6, 6.07) is 23.7. The third-order valence-electron chi connectivity index (χ3n) is 7.19. The van der Waals surface area contributed by atoms with E-state index in [2.05, 4.69) is 10.9 Å². The highest BCUT2D eigenvalue weighted by atomic mass is 16.6. The van der Waals surface area contributed by atoms with Crippen molar-refractivity contribution in [2.24, 2.45) is 0 Å². The molecule has 52 heavy (non-hydrogen) atoms. The summed E-state index contributed by atoms with van der Waals surface area (Å²) >= 11 is 0. The van der Waals surface area contributed by atoms with Gasteiger partial charge in [0.05, 0.1) is 76.6 Å². The van der Waals surface area contributed by atoms with Crippen LogP contribution in [0.25, 0.3) is 0 Å². The van der Waals surface area contributed by atoms with E-state index in [1.165, 1.54) is 58.5 Å². The highest BCUT2D eigenvalue weighted by molar-refractivity contribution is 5.84. The molecule has 0 saturated carbocycles. The monoisotopic (exact) mass is 712 g/mol. The van der Waals surface area contributed by atoms with E-state index in [9.17, 15) is 60.7 Å². The van der Waals surface area contributed by atoms with Gasteiger partial charge >= 0.3 is 22.7 Å². The van der Waals surface area contributed by atoms with E-state index < -0.39 is 75.0 Å². The number of hydrazine groups is 2. The Bertz CT molecular complexity index is 2030. The normalized spacial score (nSPS) is 10.5. The summed E-state index contributed by atoms with van der Waals surface area (Å²) in [5.74, 6) is 0. The SMILES string of the molecule is O=[N+]([O-])c1cc([N+](=O)[O-])c(NN(c2ccccc2)c2cccc(N(Nc3c([N+](=O)[O-])cc([N+](=O)[O-])cc3[N+](=O)[O-])c3ccccc3)c2)c([N+](=O)[O-])c1. The number of hydrogen-bond donors (Lipinski definition) is 2. The number of nitrogens with one attached hydrogen (secondary N) is 2. The first-order valence-electron chi connectivity index (χ1n) is 14.3. The average Bonchev–Trinajstić information content (AvgIpc) is 3.12. The molecule has 2 N–H and O–H groups in total. The van der Waals surface area contributed by atoms with Crippen molar-refractivity contribution in [3.63, 3.8) is 0 Å². The number of anilines is 6. The van der Waals surface area contributed by atoms with Crippen molar-refractivity contribution in [2.45, 2.75) is 0 Å². The van der Waals surface area contributed by atoms with Crippen LogP contribution in [0, 0.1) is 60.7 Å². The first-order valence-corrected chi connectivity index (χ1v) is 14.3. The molecular formula is C30H20N10O12. The van der Waals surface area contributed by atoms with Crippen LogP contribution in [-0.4, -0.2) is 29.5 Å². The predicted molar refractivity (Wildman–Crippen MR) is 184 cm³/mol. The lowest BCUT2D eigenvalue weighted by Gasteiger charge is -2.30. The first kappa shape index (κ1) is 35.0. The topological polar surface area (TPSA) is 289 Å². The van der Waals surface area contributed by atoms with Gasteiger partial charge in [-0.1, -0.05) is 42.5 Å². The number of nitro groups is 6. The van der Waals surface area contributed by atoms with Crippen molar-refractivity contribution in [1.82, 2.24) is 0 Å². The highest BCUT2D eigenvalue weighted by Crippen LogP contribution is 2.43. The molecular weight excluding hydrogens is 692 g/mol. The maximum absolute atomic E-state index is 12.1. The molecule has 0 amide bonds. The highest BCUT2D eigenvalue weighted by Gasteiger charge is 2.34. The third kappa shape index (κ3) is 7.24. The van der Waals surface area contributed by atoms with E-state index in [0.29, 0.717) is 24.3 Å². The van der Waals surface area contributed by atoms with Crippen LogP contribution in [0.1, 0.15) is 0 Å². The van der Waals surface area contributed by atoms with Crippen molar-refractivity contribution in [3.8, 4) is 0 Å². The average molecular weight is 713 g/mol. The number of non-ortho nitro benzene ring substituents is 2. The predicted octanol–water partition coefficient (Wildman–Crippen LogP) is 7.47. The Hall–Kier alpha value is -8.30. The quantitative estimate of drug-likeness (QED) is 0.0833. The van der Waals surface area contributed by atoms with Gasteiger partial charge in [-0.15, -0.1) is 0 Å². The standard InChI is InChI=1S/C30H20N10O12/c41-35(42)23-15-25(37(45)46)29(26(16-23)38(47)48)31-33(19-8-3-1-4-9-19)21-12-7-13-22(14-21)34(20-10-5-2-6-11-20)32-30-27(39(49)50)17-24(36(43)44)18-28(30)40(51)52/h1-18,31-32H. The molecule has 5 aromatic rings. The van der Waals surface area contributed by atoms with Crippen molar-refractivity contribution in [2.75, 3.05) is 20.9 Å². The zero-order valence-electron chi connectivity index (χ0n) is 25.9. The van der Waals surface area contributed by atoms with Gasteiger partial charge in [0.2, 0.25) is 11.4 Å². The van der Waals surface area contributed by atoms with Gasteiger partial charge in [0.25, 0.3) is 11.4 Å². The number of rotatable bonds is 14. The van der Waals surface area contributed by atoms with E-state index in [0.717, 1.165) is 0 Å². The van der Waals surface area contributed by atoms with Crippen LogP contribution in [0.5, 0.6) is 0 Å². The zero-order valence-corrected chi connectivity index (χ0v) is 25.9. The number of nitro benzene ring substituents is 6. The van der Waals surface area contributed by atoms with E-state index >= 15 is 0 Å². The second-order valence-electron chi connectivity index (χ2n) is 10.3. The Morgan fingerprint density at radius 3 is 0.923 bits per heavy atom. The Morgan fingerprint density at radius 2 is 0.654 bits per heavy atom. The minimum atomic E-state index is -1.03. The molecule has 0 unspecified atom stereocenters. The van der Waals surface area contributed by atoms with Gasteiger partial charge in [-0.2, -0.15) is 0 Å². The van der Waals surface area contributed by atoms with Crippen LogP contribution in [0.3, 0.4) is 0 Å². The summed E-state index contributed by atoms with van der Waals surface area (Å²) in [4.78, 5) is 65.0. The molecule has 0 saturated heterocycles. The molecule has 262 valence electrons. The number of hydrogen-bond acceptors (Lipinski definition) is 16. The van der Waals surface area contributed by atoms with Crippen LogP contribution >= 0.6 is 0 Å². The summed E-state index contributed by atoms with van der Waals surface area (Å²) in [6.45, 7) is 0. The van der Waals surface area contributed by atoms with Crippen LogP contribution in [0.15, 0.2) is 109 Å². The molecule has 22 heteroatoms. The van der Waals surface area contributed by atoms with Crippen molar-refractivity contribution in [1.29, 1.82) is 0 Å². The van der Waals surface area contributed by atoms with E-state index in [1.807, 2.05) is 0 Å². The van der Waals surface area contributed by atoms with Crippen LogP contribution in [0.2, 0.25) is 0 Å². The van der Waals surface area contributed by atoms with E-state index in [1.54, 1.807) is 36.4 Å². The van der Waals surface area contributed by atoms with Crippen LogP contribution in [0.4, 0.5) is 68.2 Å². The first-order chi connectivity index (χ1) is 24.8. The lowest BCUT2D eigenvalue weighted by atomic mass is 10.2. The fourth-order valence-electron chi connectivity index (χ4n) is 4.92. The van der Waals surface area contributed by atoms with Gasteiger partial charge in [-0.3, -0.25) is 81.6 Å². The number of nitrogens with zero attached hydrogens (tertiary/aromatic N) is 8. The van der Waals surface area contributed by atoms with E-state index in [4.69, 9.17) is 0 Å². The maximum atomic E-state index is 12.1. The van der Waals surface area contributed by atoms with Gasteiger partial charge in [0.1, 0.15) is 0 Å². The second-order valence-corrected chi connectivity index (χ2v) is 10.3. The van der Waals surface area contributed by atoms with E-state index in [-0.39, 0.29) is 22.7 Å². The Morgan fingerprint density at radius 1 is 0.365 bits per heavy atom. The molecule has 0 atom stereocenters. The van der Waals surface area contributed by atoms with Gasteiger partial charge in [-0.25, -0.2) is 0 Å². The summed E-state index contributed by atoms with van der Waals surface area (Å²) in [5.41, 5.74) is -1.22. The Kier molecular flexibility index (Phi) is 9.73. The van der Waals surface area contributed by atoms with Crippen LogP contribution < -0.4 is 20.9 Å². The summed E-state index contributed by atoms with van der Waals surface area (Å²) in [7, 11) is 0. The second kappa shape index (κ2) is 14.4. The summed E-state index contributed by atoms with van der Waals surface area (Å²) < 4.78 is 0. The molecule has 5 aromatic carbocycles. The molecule has 0 aromatic heterocycles. The molecule has 0 bridgehead atoms. The smallest absolute Gasteiger partial charge is 0.282 e. The van der Waals surface area contributed by atoms with Gasteiger partial charge < -0.3 is 0 Å². The van der Waals surface area contributed by atoms with Crippen molar-refractivity contribution >= 4 is 68.2 Å². The minimum absolute atomic E-state index is 0.112. The lowest BCUT2D eigenvalue weighted by molar-refractivity contribution is -0.402. The fraction of sp³-hybridized carbons (Fsp3) is 0. The lowest BCUT2D eigenvalue weighted by Crippen LogP contribution is -2.28. The van der Waals surface area contributed by atoms with Gasteiger partial charge in [0, 0.05) is 0 Å². The molecule has 0 heterocycles. The Balaban J connectivity index is 1.71. The third-order valence-corrected chi connectivity index (χ3v) is 7.19. The molecule has 0 aliphatic carbocycles. The largest absolute Gasteiger partial charge is 0.308 e. The minimum Gasteiger partial charge on any atom is -0.282 e. The van der Waals surface area contributed by atoms with Gasteiger partial charge in [0.15, 0.2) is 0 Å². The number of benzene rings is 5.